The molecule has 0 bridgehead atoms. The Morgan fingerprint density at radius 2 is 1.68 bits per heavy atom. The first-order chi connectivity index (χ1) is 15.0. The molecule has 2 unspecified atom stereocenters. The van der Waals surface area contributed by atoms with E-state index >= 15 is 0 Å². The SMILES string of the molecule is CCC(C)C(C(=O)OCC(=O)N1CCc2cc(OC)c(OC)cc2C1)c1ccccc1. The number of esters is 1. The first-order valence-electron chi connectivity index (χ1n) is 10.7. The second-order valence-corrected chi connectivity index (χ2v) is 7.92. The van der Waals surface area contributed by atoms with Gasteiger partial charge in [-0.1, -0.05) is 50.6 Å². The maximum absolute atomic E-state index is 12.9. The van der Waals surface area contributed by atoms with Crippen LogP contribution >= 0.6 is 0 Å². The third kappa shape index (κ3) is 5.19. The maximum Gasteiger partial charge on any atom is 0.314 e. The lowest BCUT2D eigenvalue weighted by Gasteiger charge is -2.30. The van der Waals surface area contributed by atoms with Crippen molar-refractivity contribution >= 4 is 11.9 Å². The Kier molecular flexibility index (Phi) is 7.55. The van der Waals surface area contributed by atoms with E-state index in [1.54, 1.807) is 19.1 Å². The molecule has 1 aliphatic heterocycles. The van der Waals surface area contributed by atoms with Crippen molar-refractivity contribution in [1.82, 2.24) is 4.90 Å². The largest absolute Gasteiger partial charge is 0.493 e. The van der Waals surface area contributed by atoms with Crippen LogP contribution < -0.4 is 9.47 Å². The van der Waals surface area contributed by atoms with Gasteiger partial charge in [-0.15, -0.1) is 0 Å². The van der Waals surface area contributed by atoms with Crippen LogP contribution in [0.25, 0.3) is 0 Å². The smallest absolute Gasteiger partial charge is 0.314 e. The Hall–Kier alpha value is -3.02. The van der Waals surface area contributed by atoms with Crippen LogP contribution in [0.1, 0.15) is 42.9 Å². The lowest BCUT2D eigenvalue weighted by molar-refractivity contribution is -0.154. The van der Waals surface area contributed by atoms with E-state index in [1.807, 2.05) is 56.3 Å². The molecule has 1 heterocycles. The van der Waals surface area contributed by atoms with E-state index in [2.05, 4.69) is 0 Å². The van der Waals surface area contributed by atoms with Gasteiger partial charge < -0.3 is 19.1 Å². The molecule has 166 valence electrons. The van der Waals surface area contributed by atoms with E-state index in [0.717, 1.165) is 29.5 Å². The van der Waals surface area contributed by atoms with Gasteiger partial charge in [-0.3, -0.25) is 9.59 Å². The normalized spacial score (nSPS) is 14.9. The fourth-order valence-electron chi connectivity index (χ4n) is 4.00. The molecular formula is C25H31NO5. The molecule has 0 aliphatic carbocycles. The summed E-state index contributed by atoms with van der Waals surface area (Å²) in [6, 6.07) is 13.5. The van der Waals surface area contributed by atoms with Gasteiger partial charge in [0.15, 0.2) is 18.1 Å². The van der Waals surface area contributed by atoms with Gasteiger partial charge in [0.25, 0.3) is 5.91 Å². The highest BCUT2D eigenvalue weighted by atomic mass is 16.5. The molecule has 2 atom stereocenters. The van der Waals surface area contributed by atoms with Crippen molar-refractivity contribution in [3.05, 3.63) is 59.2 Å². The third-order valence-electron chi connectivity index (χ3n) is 6.03. The zero-order valence-corrected chi connectivity index (χ0v) is 18.7. The summed E-state index contributed by atoms with van der Waals surface area (Å²) < 4.78 is 16.2. The van der Waals surface area contributed by atoms with E-state index in [1.165, 1.54) is 0 Å². The van der Waals surface area contributed by atoms with Crippen LogP contribution in [0.4, 0.5) is 0 Å². The zero-order valence-electron chi connectivity index (χ0n) is 18.7. The minimum Gasteiger partial charge on any atom is -0.493 e. The Balaban J connectivity index is 1.65. The molecule has 2 aromatic rings. The number of hydrogen-bond donors (Lipinski definition) is 0. The molecular weight excluding hydrogens is 394 g/mol. The highest BCUT2D eigenvalue weighted by Crippen LogP contribution is 2.33. The summed E-state index contributed by atoms with van der Waals surface area (Å²) in [5, 5.41) is 0. The standard InChI is InChI=1S/C25H31NO5/c1-5-17(2)24(18-9-7-6-8-10-18)25(28)31-16-23(27)26-12-11-19-13-21(29-3)22(30-4)14-20(19)15-26/h6-10,13-14,17,24H,5,11-12,15-16H2,1-4H3. The molecule has 0 radical (unpaired) electrons. The Morgan fingerprint density at radius 3 is 2.29 bits per heavy atom. The number of hydrogen-bond acceptors (Lipinski definition) is 5. The van der Waals surface area contributed by atoms with Crippen LogP contribution in [0.15, 0.2) is 42.5 Å². The highest BCUT2D eigenvalue weighted by Gasteiger charge is 2.29. The number of nitrogens with zero attached hydrogens (tertiary/aromatic N) is 1. The quantitative estimate of drug-likeness (QED) is 0.599. The van der Waals surface area contributed by atoms with E-state index in [0.29, 0.717) is 24.6 Å². The average Bonchev–Trinajstić information content (AvgIpc) is 2.81. The van der Waals surface area contributed by atoms with Crippen molar-refractivity contribution < 1.29 is 23.8 Å². The predicted octanol–water partition coefficient (Wildman–Crippen LogP) is 3.96. The first kappa shape index (κ1) is 22.7. The summed E-state index contributed by atoms with van der Waals surface area (Å²) in [7, 11) is 3.20. The monoisotopic (exact) mass is 425 g/mol. The van der Waals surface area contributed by atoms with Crippen LogP contribution in [-0.4, -0.2) is 44.1 Å². The average molecular weight is 426 g/mol. The predicted molar refractivity (Wildman–Crippen MR) is 118 cm³/mol. The number of carbonyl (C=O) groups is 2. The maximum atomic E-state index is 12.9. The summed E-state index contributed by atoms with van der Waals surface area (Å²) >= 11 is 0. The van der Waals surface area contributed by atoms with Crippen LogP contribution in [0.5, 0.6) is 11.5 Å². The number of rotatable bonds is 8. The van der Waals surface area contributed by atoms with E-state index in [-0.39, 0.29) is 30.3 Å². The van der Waals surface area contributed by atoms with E-state index < -0.39 is 0 Å². The summed E-state index contributed by atoms with van der Waals surface area (Å²) in [6.45, 7) is 4.87. The topological polar surface area (TPSA) is 65.1 Å². The molecule has 0 aromatic heterocycles. The number of carbonyl (C=O) groups excluding carboxylic acids is 2. The van der Waals surface area contributed by atoms with Crippen molar-refractivity contribution in [3.63, 3.8) is 0 Å². The summed E-state index contributed by atoms with van der Waals surface area (Å²) in [4.78, 5) is 27.4. The van der Waals surface area contributed by atoms with Crippen molar-refractivity contribution in [2.24, 2.45) is 5.92 Å². The summed E-state index contributed by atoms with van der Waals surface area (Å²) in [6.07, 6.45) is 1.56. The molecule has 2 aromatic carbocycles. The Bertz CT molecular complexity index is 912. The van der Waals surface area contributed by atoms with Gasteiger partial charge in [0.2, 0.25) is 0 Å². The third-order valence-corrected chi connectivity index (χ3v) is 6.03. The molecule has 1 amide bonds. The highest BCUT2D eigenvalue weighted by molar-refractivity contribution is 5.83. The first-order valence-corrected chi connectivity index (χ1v) is 10.7. The number of ether oxygens (including phenoxy) is 3. The van der Waals surface area contributed by atoms with Gasteiger partial charge in [0.05, 0.1) is 20.1 Å². The second kappa shape index (κ2) is 10.3. The van der Waals surface area contributed by atoms with Gasteiger partial charge in [-0.25, -0.2) is 0 Å². The molecule has 31 heavy (non-hydrogen) atoms. The summed E-state index contributed by atoms with van der Waals surface area (Å²) in [5.74, 6) is 0.530. The van der Waals surface area contributed by atoms with Gasteiger partial charge >= 0.3 is 5.97 Å². The van der Waals surface area contributed by atoms with Crippen molar-refractivity contribution in [3.8, 4) is 11.5 Å². The van der Waals surface area contributed by atoms with Crippen molar-refractivity contribution in [1.29, 1.82) is 0 Å². The molecule has 0 saturated heterocycles. The van der Waals surface area contributed by atoms with Crippen LogP contribution in [-0.2, 0) is 27.3 Å². The number of methoxy groups -OCH3 is 2. The van der Waals surface area contributed by atoms with Gasteiger partial charge in [-0.2, -0.15) is 0 Å². The molecule has 3 rings (SSSR count). The van der Waals surface area contributed by atoms with E-state index in [4.69, 9.17) is 14.2 Å². The van der Waals surface area contributed by atoms with Crippen LogP contribution in [0.2, 0.25) is 0 Å². The van der Waals surface area contributed by atoms with Crippen LogP contribution in [0, 0.1) is 5.92 Å². The van der Waals surface area contributed by atoms with E-state index in [9.17, 15) is 9.59 Å². The minimum atomic E-state index is -0.377. The molecule has 0 spiro atoms. The molecule has 1 aliphatic rings. The summed E-state index contributed by atoms with van der Waals surface area (Å²) in [5.41, 5.74) is 3.08. The Labute approximate surface area is 184 Å². The number of fused-ring (bicyclic) bond motifs is 1. The van der Waals surface area contributed by atoms with Crippen molar-refractivity contribution in [2.75, 3.05) is 27.4 Å². The van der Waals surface area contributed by atoms with Gasteiger partial charge in [0, 0.05) is 13.1 Å². The van der Waals surface area contributed by atoms with Crippen molar-refractivity contribution in [2.45, 2.75) is 39.2 Å². The van der Waals surface area contributed by atoms with Gasteiger partial charge in [0.1, 0.15) is 0 Å². The molecule has 0 fully saturated rings. The molecule has 0 saturated carbocycles. The minimum absolute atomic E-state index is 0.120. The number of amides is 1. The fraction of sp³-hybridized carbons (Fsp3) is 0.440. The zero-order chi connectivity index (χ0) is 22.4. The van der Waals surface area contributed by atoms with Gasteiger partial charge in [-0.05, 0) is 41.2 Å². The Morgan fingerprint density at radius 1 is 1.03 bits per heavy atom. The van der Waals surface area contributed by atoms with Crippen LogP contribution in [0.3, 0.4) is 0 Å². The molecule has 0 N–H and O–H groups in total. The lowest BCUT2D eigenvalue weighted by atomic mass is 9.86. The lowest BCUT2D eigenvalue weighted by Crippen LogP contribution is -2.39. The molecule has 6 heteroatoms. The fourth-order valence-corrected chi connectivity index (χ4v) is 4.00. The number of benzene rings is 2. The second-order valence-electron chi connectivity index (χ2n) is 7.92. The molecule has 6 nitrogen and oxygen atoms in total.